The van der Waals surface area contributed by atoms with Gasteiger partial charge in [0, 0.05) is 6.42 Å². The summed E-state index contributed by atoms with van der Waals surface area (Å²) in [7, 11) is 0. The van der Waals surface area contributed by atoms with Gasteiger partial charge >= 0.3 is 0 Å². The second-order valence-corrected chi connectivity index (χ2v) is 4.68. The van der Waals surface area contributed by atoms with Crippen LogP contribution in [0.3, 0.4) is 0 Å². The molecule has 0 aliphatic heterocycles. The quantitative estimate of drug-likeness (QED) is 0.565. The Morgan fingerprint density at radius 3 is 2.67 bits per heavy atom. The molecular formula is C14H11FN6. The second-order valence-electron chi connectivity index (χ2n) is 4.68. The zero-order valence-corrected chi connectivity index (χ0v) is 11.2. The Kier molecular flexibility index (Phi) is 2.47. The zero-order valence-electron chi connectivity index (χ0n) is 11.2. The standard InChI is InChI=1S/C14H11FN6/c1-2-12-18-19-14-11-7-17-21(13(11)16-8-20(12)14)10-5-3-9(15)4-6-10/h3-8H,2H2,1H3. The van der Waals surface area contributed by atoms with Gasteiger partial charge < -0.3 is 0 Å². The minimum Gasteiger partial charge on any atom is -0.269 e. The summed E-state index contributed by atoms with van der Waals surface area (Å²) in [6.45, 7) is 2.02. The van der Waals surface area contributed by atoms with Crippen LogP contribution in [0, 0.1) is 5.82 Å². The molecule has 4 rings (SSSR count). The van der Waals surface area contributed by atoms with Crippen molar-refractivity contribution in [3.63, 3.8) is 0 Å². The predicted octanol–water partition coefficient (Wildman–Crippen LogP) is 2.16. The van der Waals surface area contributed by atoms with Crippen LogP contribution in [-0.2, 0) is 6.42 Å². The molecule has 0 bridgehead atoms. The Labute approximate surface area is 118 Å². The van der Waals surface area contributed by atoms with Gasteiger partial charge in [0.2, 0.25) is 0 Å². The van der Waals surface area contributed by atoms with Crippen LogP contribution in [0.4, 0.5) is 4.39 Å². The lowest BCUT2D eigenvalue weighted by molar-refractivity contribution is 0.627. The minimum absolute atomic E-state index is 0.282. The summed E-state index contributed by atoms with van der Waals surface area (Å²) >= 11 is 0. The van der Waals surface area contributed by atoms with E-state index in [1.807, 2.05) is 11.3 Å². The highest BCUT2D eigenvalue weighted by Crippen LogP contribution is 2.20. The largest absolute Gasteiger partial charge is 0.269 e. The van der Waals surface area contributed by atoms with Gasteiger partial charge in [-0.2, -0.15) is 5.10 Å². The lowest BCUT2D eigenvalue weighted by atomic mass is 10.3. The second kappa shape index (κ2) is 4.34. The number of fused-ring (bicyclic) bond motifs is 3. The summed E-state index contributed by atoms with van der Waals surface area (Å²) in [5, 5.41) is 13.5. The number of benzene rings is 1. The first-order chi connectivity index (χ1) is 10.3. The van der Waals surface area contributed by atoms with Crippen molar-refractivity contribution in [2.24, 2.45) is 0 Å². The molecule has 0 unspecified atom stereocenters. The maximum atomic E-state index is 13.0. The van der Waals surface area contributed by atoms with Crippen LogP contribution >= 0.6 is 0 Å². The summed E-state index contributed by atoms with van der Waals surface area (Å²) in [6.07, 6.45) is 4.17. The van der Waals surface area contributed by atoms with Gasteiger partial charge in [-0.15, -0.1) is 10.2 Å². The molecule has 0 spiro atoms. The van der Waals surface area contributed by atoms with Gasteiger partial charge in [-0.05, 0) is 24.3 Å². The maximum Gasteiger partial charge on any atom is 0.174 e. The Hall–Kier alpha value is -2.83. The highest BCUT2D eigenvalue weighted by Gasteiger charge is 2.13. The predicted molar refractivity (Wildman–Crippen MR) is 74.7 cm³/mol. The summed E-state index contributed by atoms with van der Waals surface area (Å²) < 4.78 is 16.5. The third kappa shape index (κ3) is 1.70. The number of halogens is 1. The van der Waals surface area contributed by atoms with E-state index in [9.17, 15) is 4.39 Å². The van der Waals surface area contributed by atoms with Crippen LogP contribution in [0.1, 0.15) is 12.7 Å². The molecule has 0 amide bonds. The Bertz CT molecular complexity index is 937. The maximum absolute atomic E-state index is 13.0. The van der Waals surface area contributed by atoms with Crippen molar-refractivity contribution in [2.45, 2.75) is 13.3 Å². The molecule has 0 aliphatic carbocycles. The van der Waals surface area contributed by atoms with E-state index in [-0.39, 0.29) is 5.82 Å². The van der Waals surface area contributed by atoms with E-state index in [0.717, 1.165) is 29.0 Å². The topological polar surface area (TPSA) is 60.9 Å². The van der Waals surface area contributed by atoms with Crippen molar-refractivity contribution in [2.75, 3.05) is 0 Å². The Balaban J connectivity index is 1.98. The van der Waals surface area contributed by atoms with Crippen molar-refractivity contribution >= 4 is 16.7 Å². The fourth-order valence-corrected chi connectivity index (χ4v) is 2.38. The summed E-state index contributed by atoms with van der Waals surface area (Å²) in [5.74, 6) is 0.574. The molecule has 104 valence electrons. The van der Waals surface area contributed by atoms with E-state index in [1.54, 1.807) is 29.3 Å². The van der Waals surface area contributed by atoms with E-state index in [0.29, 0.717) is 5.65 Å². The van der Waals surface area contributed by atoms with E-state index in [2.05, 4.69) is 20.3 Å². The summed E-state index contributed by atoms with van der Waals surface area (Å²) in [4.78, 5) is 4.44. The molecule has 3 aromatic heterocycles. The average molecular weight is 282 g/mol. The van der Waals surface area contributed by atoms with Crippen molar-refractivity contribution in [1.82, 2.24) is 29.4 Å². The van der Waals surface area contributed by atoms with E-state index < -0.39 is 0 Å². The monoisotopic (exact) mass is 282 g/mol. The van der Waals surface area contributed by atoms with Gasteiger partial charge in [0.1, 0.15) is 18.0 Å². The number of aryl methyl sites for hydroxylation is 1. The van der Waals surface area contributed by atoms with Crippen molar-refractivity contribution < 1.29 is 4.39 Å². The molecule has 4 aromatic rings. The summed E-state index contributed by atoms with van der Waals surface area (Å²) in [5.41, 5.74) is 2.15. The fraction of sp³-hybridized carbons (Fsp3) is 0.143. The average Bonchev–Trinajstić information content (AvgIpc) is 3.11. The van der Waals surface area contributed by atoms with Crippen LogP contribution in [0.5, 0.6) is 0 Å². The fourth-order valence-electron chi connectivity index (χ4n) is 2.38. The van der Waals surface area contributed by atoms with Gasteiger partial charge in [0.25, 0.3) is 0 Å². The van der Waals surface area contributed by atoms with Gasteiger partial charge in [0.05, 0.1) is 17.3 Å². The smallest absolute Gasteiger partial charge is 0.174 e. The molecule has 0 aliphatic rings. The highest BCUT2D eigenvalue weighted by atomic mass is 19.1. The van der Waals surface area contributed by atoms with Crippen molar-refractivity contribution in [3.8, 4) is 5.69 Å². The lowest BCUT2D eigenvalue weighted by Gasteiger charge is -2.03. The van der Waals surface area contributed by atoms with Crippen molar-refractivity contribution in [1.29, 1.82) is 0 Å². The molecule has 1 aromatic carbocycles. The molecule has 0 fully saturated rings. The number of nitrogens with zero attached hydrogens (tertiary/aromatic N) is 6. The molecule has 0 saturated heterocycles. The summed E-state index contributed by atoms with van der Waals surface area (Å²) in [6, 6.07) is 6.12. The van der Waals surface area contributed by atoms with Gasteiger partial charge in [0.15, 0.2) is 11.3 Å². The molecule has 0 radical (unpaired) electrons. The molecule has 0 N–H and O–H groups in total. The normalized spacial score (nSPS) is 11.5. The van der Waals surface area contributed by atoms with Crippen LogP contribution in [0.2, 0.25) is 0 Å². The number of rotatable bonds is 2. The number of hydrogen-bond acceptors (Lipinski definition) is 4. The number of aromatic nitrogens is 6. The van der Waals surface area contributed by atoms with Crippen LogP contribution < -0.4 is 0 Å². The van der Waals surface area contributed by atoms with Crippen LogP contribution in [-0.4, -0.2) is 29.4 Å². The first-order valence-corrected chi connectivity index (χ1v) is 6.60. The minimum atomic E-state index is -0.282. The Morgan fingerprint density at radius 1 is 1.10 bits per heavy atom. The third-order valence-corrected chi connectivity index (χ3v) is 3.43. The first-order valence-electron chi connectivity index (χ1n) is 6.60. The molecular weight excluding hydrogens is 271 g/mol. The van der Waals surface area contributed by atoms with E-state index in [1.165, 1.54) is 12.1 Å². The molecule has 7 heteroatoms. The third-order valence-electron chi connectivity index (χ3n) is 3.43. The first kappa shape index (κ1) is 12.0. The van der Waals surface area contributed by atoms with Gasteiger partial charge in [-0.1, -0.05) is 6.92 Å². The number of hydrogen-bond donors (Lipinski definition) is 0. The highest BCUT2D eigenvalue weighted by molar-refractivity contribution is 5.89. The van der Waals surface area contributed by atoms with E-state index in [4.69, 9.17) is 0 Å². The molecule has 6 nitrogen and oxygen atoms in total. The SMILES string of the molecule is CCc1nnc2c3cnn(-c4ccc(F)cc4)c3ncn12. The van der Waals surface area contributed by atoms with Crippen LogP contribution in [0.15, 0.2) is 36.8 Å². The Morgan fingerprint density at radius 2 is 1.90 bits per heavy atom. The van der Waals surface area contributed by atoms with Crippen molar-refractivity contribution in [3.05, 3.63) is 48.4 Å². The zero-order chi connectivity index (χ0) is 14.4. The molecule has 21 heavy (non-hydrogen) atoms. The lowest BCUT2D eigenvalue weighted by Crippen LogP contribution is -1.99. The van der Waals surface area contributed by atoms with Gasteiger partial charge in [-0.25, -0.2) is 14.1 Å². The molecule has 3 heterocycles. The molecule has 0 atom stereocenters. The molecule has 0 saturated carbocycles. The van der Waals surface area contributed by atoms with Crippen LogP contribution in [0.25, 0.3) is 22.4 Å². The van der Waals surface area contributed by atoms with Gasteiger partial charge in [-0.3, -0.25) is 4.40 Å². The van der Waals surface area contributed by atoms with E-state index >= 15 is 0 Å².